The minimum Gasteiger partial charge on any atom is -0.256 e. The smallest absolute Gasteiger partial charge is 0.142 e. The summed E-state index contributed by atoms with van der Waals surface area (Å²) in [6, 6.07) is 1.31. The predicted molar refractivity (Wildman–Crippen MR) is 57.1 cm³/mol. The summed E-state index contributed by atoms with van der Waals surface area (Å²) in [5.41, 5.74) is 0.626. The molecule has 0 spiro atoms. The van der Waals surface area contributed by atoms with Crippen molar-refractivity contribution in [1.82, 2.24) is 4.98 Å². The summed E-state index contributed by atoms with van der Waals surface area (Å²) < 4.78 is 12.8. The van der Waals surface area contributed by atoms with Crippen molar-refractivity contribution in [2.75, 3.05) is 0 Å². The predicted octanol–water partition coefficient (Wildman–Crippen LogP) is 3.81. The van der Waals surface area contributed by atoms with Crippen LogP contribution >= 0.6 is 11.6 Å². The molecule has 0 aromatic carbocycles. The molecule has 0 saturated carbocycles. The third kappa shape index (κ3) is 2.06. The first-order valence-electron chi connectivity index (χ1n) is 4.67. The molecule has 14 heavy (non-hydrogen) atoms. The zero-order chi connectivity index (χ0) is 10.9. The normalized spacial score (nSPS) is 12.2. The van der Waals surface area contributed by atoms with Crippen LogP contribution in [0.2, 0.25) is 5.02 Å². The van der Waals surface area contributed by atoms with E-state index in [0.29, 0.717) is 10.9 Å². The Hall–Kier alpha value is -0.630. The molecule has 1 nitrogen and oxygen atoms in total. The lowest BCUT2D eigenvalue weighted by Crippen LogP contribution is -2.26. The molecule has 0 fully saturated rings. The van der Waals surface area contributed by atoms with Crippen molar-refractivity contribution in [3.05, 3.63) is 28.8 Å². The van der Waals surface area contributed by atoms with Crippen molar-refractivity contribution in [1.29, 1.82) is 0 Å². The van der Waals surface area contributed by atoms with Gasteiger partial charge in [0.2, 0.25) is 0 Å². The first-order chi connectivity index (χ1) is 6.35. The zero-order valence-corrected chi connectivity index (χ0v) is 9.69. The van der Waals surface area contributed by atoms with Gasteiger partial charge < -0.3 is 0 Å². The first kappa shape index (κ1) is 11.4. The highest BCUT2D eigenvalue weighted by Gasteiger charge is 2.28. The number of hydrogen-bond donors (Lipinski definition) is 0. The second kappa shape index (κ2) is 3.85. The maximum absolute atomic E-state index is 12.8. The molecule has 1 aromatic heterocycles. The molecule has 0 radical (unpaired) electrons. The van der Waals surface area contributed by atoms with Crippen LogP contribution in [-0.2, 0) is 5.41 Å². The van der Waals surface area contributed by atoms with Crippen molar-refractivity contribution in [3.8, 4) is 0 Å². The molecule has 3 heteroatoms. The molecular formula is C11H15ClFN. The van der Waals surface area contributed by atoms with E-state index in [1.807, 2.05) is 0 Å². The van der Waals surface area contributed by atoms with E-state index in [0.717, 1.165) is 5.69 Å². The summed E-state index contributed by atoms with van der Waals surface area (Å²) in [4.78, 5) is 4.06. The Morgan fingerprint density at radius 1 is 1.43 bits per heavy atom. The van der Waals surface area contributed by atoms with E-state index in [9.17, 15) is 4.39 Å². The van der Waals surface area contributed by atoms with Crippen molar-refractivity contribution in [3.63, 3.8) is 0 Å². The van der Waals surface area contributed by atoms with Gasteiger partial charge in [0, 0.05) is 5.41 Å². The van der Waals surface area contributed by atoms with Crippen LogP contribution in [0.3, 0.4) is 0 Å². The Labute approximate surface area is 89.3 Å². The van der Waals surface area contributed by atoms with Crippen LogP contribution in [0.5, 0.6) is 0 Å². The Kier molecular flexibility index (Phi) is 3.15. The summed E-state index contributed by atoms with van der Waals surface area (Å²) in [7, 11) is 0. The maximum atomic E-state index is 12.8. The van der Waals surface area contributed by atoms with Gasteiger partial charge in [-0.3, -0.25) is 4.98 Å². The van der Waals surface area contributed by atoms with E-state index >= 15 is 0 Å². The van der Waals surface area contributed by atoms with Gasteiger partial charge in [-0.1, -0.05) is 39.3 Å². The number of hydrogen-bond acceptors (Lipinski definition) is 1. The SMILES string of the molecule is CC(C)C(C)(C)c1ncc(F)cc1Cl. The van der Waals surface area contributed by atoms with E-state index in [1.54, 1.807) is 0 Å². The molecule has 0 amide bonds. The summed E-state index contributed by atoms with van der Waals surface area (Å²) in [6.45, 7) is 8.32. The summed E-state index contributed by atoms with van der Waals surface area (Å²) in [5.74, 6) is 0.0104. The molecule has 78 valence electrons. The second-order valence-corrected chi connectivity index (χ2v) is 4.77. The first-order valence-corrected chi connectivity index (χ1v) is 5.05. The van der Waals surface area contributed by atoms with Crippen LogP contribution in [0, 0.1) is 11.7 Å². The van der Waals surface area contributed by atoms with Crippen LogP contribution < -0.4 is 0 Å². The van der Waals surface area contributed by atoms with Gasteiger partial charge in [-0.15, -0.1) is 0 Å². The van der Waals surface area contributed by atoms with Crippen molar-refractivity contribution >= 4 is 11.6 Å². The summed E-state index contributed by atoms with van der Waals surface area (Å²) in [5, 5.41) is 0.406. The van der Waals surface area contributed by atoms with Crippen molar-refractivity contribution in [2.24, 2.45) is 5.92 Å². The monoisotopic (exact) mass is 215 g/mol. The highest BCUT2D eigenvalue weighted by molar-refractivity contribution is 6.31. The minimum absolute atomic E-state index is 0.134. The highest BCUT2D eigenvalue weighted by Crippen LogP contribution is 2.34. The molecule has 0 aliphatic rings. The Morgan fingerprint density at radius 3 is 2.43 bits per heavy atom. The number of halogens is 2. The average molecular weight is 216 g/mol. The highest BCUT2D eigenvalue weighted by atomic mass is 35.5. The van der Waals surface area contributed by atoms with Gasteiger partial charge >= 0.3 is 0 Å². The maximum Gasteiger partial charge on any atom is 0.142 e. The lowest BCUT2D eigenvalue weighted by Gasteiger charge is -2.29. The third-order valence-corrected chi connectivity index (χ3v) is 3.15. The number of aromatic nitrogens is 1. The number of pyridine rings is 1. The molecule has 0 N–H and O–H groups in total. The largest absolute Gasteiger partial charge is 0.256 e. The second-order valence-electron chi connectivity index (χ2n) is 4.36. The van der Waals surface area contributed by atoms with E-state index in [2.05, 4.69) is 32.7 Å². The van der Waals surface area contributed by atoms with Gasteiger partial charge in [-0.2, -0.15) is 0 Å². The summed E-state index contributed by atoms with van der Waals surface area (Å²) in [6.07, 6.45) is 1.21. The standard InChI is InChI=1S/C11H15ClFN/c1-7(2)11(3,4)10-9(12)5-8(13)6-14-10/h5-7H,1-4H3. The molecule has 1 rings (SSSR count). The Balaban J connectivity index is 3.19. The van der Waals surface area contributed by atoms with Crippen LogP contribution in [-0.4, -0.2) is 4.98 Å². The van der Waals surface area contributed by atoms with Gasteiger partial charge in [-0.05, 0) is 12.0 Å². The van der Waals surface area contributed by atoms with E-state index in [-0.39, 0.29) is 5.41 Å². The molecular weight excluding hydrogens is 201 g/mol. The lowest BCUT2D eigenvalue weighted by molar-refractivity contribution is 0.361. The number of nitrogens with zero attached hydrogens (tertiary/aromatic N) is 1. The fourth-order valence-corrected chi connectivity index (χ4v) is 1.56. The van der Waals surface area contributed by atoms with Gasteiger partial charge in [0.15, 0.2) is 0 Å². The van der Waals surface area contributed by atoms with Crippen LogP contribution in [0.25, 0.3) is 0 Å². The molecule has 1 aromatic rings. The van der Waals surface area contributed by atoms with Gasteiger partial charge in [-0.25, -0.2) is 4.39 Å². The minimum atomic E-state index is -0.390. The topological polar surface area (TPSA) is 12.9 Å². The van der Waals surface area contributed by atoms with E-state index in [1.165, 1.54) is 12.3 Å². The Bertz CT molecular complexity index is 334. The van der Waals surface area contributed by atoms with Gasteiger partial charge in [0.05, 0.1) is 16.9 Å². The number of rotatable bonds is 2. The van der Waals surface area contributed by atoms with Gasteiger partial charge in [0.1, 0.15) is 5.82 Å². The summed E-state index contributed by atoms with van der Waals surface area (Å²) >= 11 is 5.96. The fourth-order valence-electron chi connectivity index (χ4n) is 1.16. The van der Waals surface area contributed by atoms with Crippen LogP contribution in [0.4, 0.5) is 4.39 Å². The van der Waals surface area contributed by atoms with Gasteiger partial charge in [0.25, 0.3) is 0 Å². The molecule has 0 aliphatic heterocycles. The average Bonchev–Trinajstić information content (AvgIpc) is 2.02. The molecule has 0 aliphatic carbocycles. The van der Waals surface area contributed by atoms with E-state index < -0.39 is 5.82 Å². The zero-order valence-electron chi connectivity index (χ0n) is 8.94. The molecule has 0 saturated heterocycles. The van der Waals surface area contributed by atoms with Crippen molar-refractivity contribution in [2.45, 2.75) is 33.1 Å². The molecule has 0 unspecified atom stereocenters. The molecule has 0 bridgehead atoms. The molecule has 1 heterocycles. The lowest BCUT2D eigenvalue weighted by atomic mass is 9.78. The third-order valence-electron chi connectivity index (χ3n) is 2.86. The molecule has 0 atom stereocenters. The van der Waals surface area contributed by atoms with Crippen LogP contribution in [0.1, 0.15) is 33.4 Å². The van der Waals surface area contributed by atoms with Crippen LogP contribution in [0.15, 0.2) is 12.3 Å². The Morgan fingerprint density at radius 2 is 2.00 bits per heavy atom. The van der Waals surface area contributed by atoms with Crippen molar-refractivity contribution < 1.29 is 4.39 Å². The fraction of sp³-hybridized carbons (Fsp3) is 0.545. The quantitative estimate of drug-likeness (QED) is 0.731. The van der Waals surface area contributed by atoms with E-state index in [4.69, 9.17) is 11.6 Å².